The monoisotopic (exact) mass is 319 g/mol. The summed E-state index contributed by atoms with van der Waals surface area (Å²) < 4.78 is 29.7. The number of nitrogens with zero attached hydrogens (tertiary/aromatic N) is 1. The summed E-state index contributed by atoms with van der Waals surface area (Å²) in [5.74, 6) is -2.60. The van der Waals surface area contributed by atoms with Gasteiger partial charge < -0.3 is 15.6 Å². The van der Waals surface area contributed by atoms with Crippen LogP contribution in [0.4, 0.5) is 20.2 Å². The minimum Gasteiger partial charge on any atom is -0.365 e. The number of hydrogen-bond donors (Lipinski definition) is 2. The highest BCUT2D eigenvalue weighted by molar-refractivity contribution is 6.00. The van der Waals surface area contributed by atoms with Crippen LogP contribution < -0.4 is 16.6 Å². The smallest absolute Gasteiger partial charge is 0.289 e. The van der Waals surface area contributed by atoms with E-state index in [4.69, 9.17) is 5.73 Å². The molecule has 5 nitrogen and oxygen atoms in total. The maximum Gasteiger partial charge on any atom is 0.289 e. The van der Waals surface area contributed by atoms with Crippen LogP contribution in [0.25, 0.3) is 0 Å². The second kappa shape index (κ2) is 5.49. The Morgan fingerprint density at radius 3 is 2.74 bits per heavy atom. The number of aromatic nitrogens is 1. The lowest BCUT2D eigenvalue weighted by molar-refractivity contribution is 0.0999. The number of pyridine rings is 1. The molecule has 0 atom stereocenters. The fourth-order valence-corrected chi connectivity index (χ4v) is 2.88. The van der Waals surface area contributed by atoms with E-state index >= 15 is 0 Å². The molecule has 0 unspecified atom stereocenters. The summed E-state index contributed by atoms with van der Waals surface area (Å²) in [5, 5.41) is 2.52. The SMILES string of the molecule is Cc1ccc(Nc2c(C(N)=O)c3n(c(=O)c2F)CCC3)c(F)c1. The number of halogens is 2. The number of amides is 1. The third kappa shape index (κ3) is 2.48. The molecule has 0 bridgehead atoms. The van der Waals surface area contributed by atoms with E-state index in [2.05, 4.69) is 5.32 Å². The van der Waals surface area contributed by atoms with Crippen LogP contribution in [-0.2, 0) is 13.0 Å². The number of nitrogens with one attached hydrogen (secondary N) is 1. The number of fused-ring (bicyclic) bond motifs is 1. The highest BCUT2D eigenvalue weighted by Gasteiger charge is 2.28. The minimum atomic E-state index is -1.13. The molecular weight excluding hydrogens is 304 g/mol. The molecule has 7 heteroatoms. The molecule has 3 rings (SSSR count). The molecule has 0 aliphatic carbocycles. The Labute approximate surface area is 130 Å². The topological polar surface area (TPSA) is 77.1 Å². The molecule has 23 heavy (non-hydrogen) atoms. The molecule has 2 heterocycles. The fraction of sp³-hybridized carbons (Fsp3) is 0.250. The summed E-state index contributed by atoms with van der Waals surface area (Å²) in [6, 6.07) is 4.32. The van der Waals surface area contributed by atoms with Crippen molar-refractivity contribution in [2.24, 2.45) is 5.73 Å². The number of aryl methyl sites for hydroxylation is 1. The van der Waals surface area contributed by atoms with Crippen molar-refractivity contribution in [2.45, 2.75) is 26.3 Å². The van der Waals surface area contributed by atoms with E-state index in [1.165, 1.54) is 16.7 Å². The van der Waals surface area contributed by atoms with Gasteiger partial charge in [-0.15, -0.1) is 0 Å². The molecule has 1 aliphatic rings. The largest absolute Gasteiger partial charge is 0.365 e. The number of benzene rings is 1. The van der Waals surface area contributed by atoms with Gasteiger partial charge in [0.05, 0.1) is 16.9 Å². The zero-order valence-electron chi connectivity index (χ0n) is 12.5. The van der Waals surface area contributed by atoms with Gasteiger partial charge in [-0.25, -0.2) is 4.39 Å². The second-order valence-corrected chi connectivity index (χ2v) is 5.54. The van der Waals surface area contributed by atoms with E-state index in [0.717, 1.165) is 0 Å². The Hall–Kier alpha value is -2.70. The molecule has 1 aromatic carbocycles. The zero-order valence-corrected chi connectivity index (χ0v) is 12.5. The maximum atomic E-state index is 14.4. The highest BCUT2D eigenvalue weighted by Crippen LogP contribution is 2.29. The van der Waals surface area contributed by atoms with Crippen LogP contribution in [0.3, 0.4) is 0 Å². The average molecular weight is 319 g/mol. The lowest BCUT2D eigenvalue weighted by atomic mass is 10.1. The molecule has 0 radical (unpaired) electrons. The fourth-order valence-electron chi connectivity index (χ4n) is 2.88. The molecule has 3 N–H and O–H groups in total. The highest BCUT2D eigenvalue weighted by atomic mass is 19.1. The molecule has 1 amide bonds. The Morgan fingerprint density at radius 2 is 2.09 bits per heavy atom. The Morgan fingerprint density at radius 1 is 1.35 bits per heavy atom. The van der Waals surface area contributed by atoms with Gasteiger partial charge in [-0.05, 0) is 37.5 Å². The van der Waals surface area contributed by atoms with Crippen LogP contribution >= 0.6 is 0 Å². The summed E-state index contributed by atoms with van der Waals surface area (Å²) in [7, 11) is 0. The first-order chi connectivity index (χ1) is 10.9. The number of primary amides is 1. The standard InChI is InChI=1S/C16H15F2N3O2/c1-8-4-5-10(9(17)7-8)20-14-12(15(19)22)11-3-2-6-21(11)16(23)13(14)18/h4-5,7,20H,2-3,6H2,1H3,(H2,19,22). The molecule has 120 valence electrons. The second-order valence-electron chi connectivity index (χ2n) is 5.54. The third-order valence-electron chi connectivity index (χ3n) is 3.94. The molecule has 0 fully saturated rings. The van der Waals surface area contributed by atoms with Crippen molar-refractivity contribution in [2.75, 3.05) is 5.32 Å². The van der Waals surface area contributed by atoms with Gasteiger partial charge in [0.15, 0.2) is 0 Å². The predicted molar refractivity (Wildman–Crippen MR) is 81.9 cm³/mol. The normalized spacial score (nSPS) is 13.0. The van der Waals surface area contributed by atoms with Crippen molar-refractivity contribution in [1.29, 1.82) is 0 Å². The summed E-state index contributed by atoms with van der Waals surface area (Å²) in [6.45, 7) is 2.05. The Kier molecular flexibility index (Phi) is 3.63. The average Bonchev–Trinajstić information content (AvgIpc) is 2.96. The van der Waals surface area contributed by atoms with Crippen LogP contribution in [0.2, 0.25) is 0 Å². The first-order valence-electron chi connectivity index (χ1n) is 7.18. The maximum absolute atomic E-state index is 14.4. The number of anilines is 2. The van der Waals surface area contributed by atoms with Crippen molar-refractivity contribution in [3.8, 4) is 0 Å². The van der Waals surface area contributed by atoms with Crippen LogP contribution in [0, 0.1) is 18.6 Å². The number of nitrogens with two attached hydrogens (primary N) is 1. The predicted octanol–water partition coefficient (Wildman–Crippen LogP) is 2.22. The van der Waals surface area contributed by atoms with Crippen molar-refractivity contribution in [1.82, 2.24) is 4.57 Å². The summed E-state index contributed by atoms with van der Waals surface area (Å²) >= 11 is 0. The molecule has 1 aliphatic heterocycles. The van der Waals surface area contributed by atoms with Crippen LogP contribution in [0.5, 0.6) is 0 Å². The van der Waals surface area contributed by atoms with E-state index < -0.39 is 23.1 Å². The van der Waals surface area contributed by atoms with Gasteiger partial charge in [0.1, 0.15) is 5.82 Å². The van der Waals surface area contributed by atoms with Gasteiger partial charge in [0.25, 0.3) is 11.5 Å². The number of rotatable bonds is 3. The van der Waals surface area contributed by atoms with E-state index in [0.29, 0.717) is 30.6 Å². The molecule has 0 spiro atoms. The molecule has 1 aromatic heterocycles. The van der Waals surface area contributed by atoms with Crippen LogP contribution in [-0.4, -0.2) is 10.5 Å². The van der Waals surface area contributed by atoms with Crippen molar-refractivity contribution < 1.29 is 13.6 Å². The van der Waals surface area contributed by atoms with E-state index in [-0.39, 0.29) is 16.9 Å². The molecule has 0 saturated carbocycles. The summed E-state index contributed by atoms with van der Waals surface area (Å²) in [6.07, 6.45) is 1.07. The quantitative estimate of drug-likeness (QED) is 0.911. The number of hydrogen-bond acceptors (Lipinski definition) is 3. The van der Waals surface area contributed by atoms with Gasteiger partial charge in [0, 0.05) is 12.2 Å². The number of carbonyl (C=O) groups excluding carboxylic acids is 1. The molecular formula is C16H15F2N3O2. The van der Waals surface area contributed by atoms with Crippen LogP contribution in [0.15, 0.2) is 23.0 Å². The van der Waals surface area contributed by atoms with E-state index in [1.54, 1.807) is 13.0 Å². The summed E-state index contributed by atoms with van der Waals surface area (Å²) in [5.41, 5.74) is 5.12. The number of carbonyl (C=O) groups is 1. The lowest BCUT2D eigenvalue weighted by Crippen LogP contribution is -2.29. The van der Waals surface area contributed by atoms with Gasteiger partial charge in [-0.1, -0.05) is 6.07 Å². The first-order valence-corrected chi connectivity index (χ1v) is 7.18. The lowest BCUT2D eigenvalue weighted by Gasteiger charge is -2.16. The summed E-state index contributed by atoms with van der Waals surface area (Å²) in [4.78, 5) is 23.9. The molecule has 2 aromatic rings. The van der Waals surface area contributed by atoms with Crippen LogP contribution in [0.1, 0.15) is 28.0 Å². The molecule has 0 saturated heterocycles. The van der Waals surface area contributed by atoms with Crippen molar-refractivity contribution in [3.05, 3.63) is 57.0 Å². The first kappa shape index (κ1) is 15.2. The minimum absolute atomic E-state index is 0.0284. The van der Waals surface area contributed by atoms with Gasteiger partial charge in [-0.2, -0.15) is 4.39 Å². The van der Waals surface area contributed by atoms with Gasteiger partial charge in [0.2, 0.25) is 5.82 Å². The van der Waals surface area contributed by atoms with Gasteiger partial charge in [-0.3, -0.25) is 9.59 Å². The Bertz CT molecular complexity index is 875. The van der Waals surface area contributed by atoms with Crippen molar-refractivity contribution in [3.63, 3.8) is 0 Å². The third-order valence-corrected chi connectivity index (χ3v) is 3.94. The Balaban J connectivity index is 2.21. The van der Waals surface area contributed by atoms with Gasteiger partial charge >= 0.3 is 0 Å². The van der Waals surface area contributed by atoms with E-state index in [1.807, 2.05) is 0 Å². The van der Waals surface area contributed by atoms with Crippen molar-refractivity contribution >= 4 is 17.3 Å². The van der Waals surface area contributed by atoms with E-state index in [9.17, 15) is 18.4 Å². The zero-order chi connectivity index (χ0) is 16.7.